The molecule has 0 aliphatic heterocycles. The van der Waals surface area contributed by atoms with Crippen LogP contribution in [0.2, 0.25) is 5.02 Å². The fourth-order valence-electron chi connectivity index (χ4n) is 2.48. The van der Waals surface area contributed by atoms with Crippen molar-refractivity contribution >= 4 is 17.9 Å². The van der Waals surface area contributed by atoms with Crippen LogP contribution >= 0.6 is 11.6 Å². The van der Waals surface area contributed by atoms with E-state index in [1.54, 1.807) is 30.3 Å². The third kappa shape index (κ3) is 6.79. The normalized spacial score (nSPS) is 10.5. The first kappa shape index (κ1) is 19.3. The number of hydrogen-bond donors (Lipinski definition) is 0. The molecule has 0 spiro atoms. The highest BCUT2D eigenvalue weighted by Crippen LogP contribution is 2.31. The largest absolute Gasteiger partial charge is 0.492 e. The van der Waals surface area contributed by atoms with Crippen LogP contribution in [0, 0.1) is 0 Å². The molecular formula is C21H25ClO3. The van der Waals surface area contributed by atoms with E-state index in [9.17, 15) is 4.79 Å². The second-order valence-electron chi connectivity index (χ2n) is 6.00. The van der Waals surface area contributed by atoms with Crippen molar-refractivity contribution in [3.8, 4) is 17.2 Å². The Balaban J connectivity index is 1.80. The third-order valence-corrected chi connectivity index (χ3v) is 4.21. The Hall–Kier alpha value is -2.00. The van der Waals surface area contributed by atoms with Gasteiger partial charge in [0.15, 0.2) is 0 Å². The van der Waals surface area contributed by atoms with E-state index in [0.29, 0.717) is 34.4 Å². The number of carbonyl (C=O) groups excluding carboxylic acids is 1. The van der Waals surface area contributed by atoms with Crippen molar-refractivity contribution in [2.45, 2.75) is 45.4 Å². The van der Waals surface area contributed by atoms with Gasteiger partial charge in [-0.2, -0.15) is 0 Å². The van der Waals surface area contributed by atoms with E-state index in [1.807, 2.05) is 12.1 Å². The van der Waals surface area contributed by atoms with Gasteiger partial charge in [0.25, 0.3) is 0 Å². The van der Waals surface area contributed by atoms with Gasteiger partial charge in [0.1, 0.15) is 23.5 Å². The van der Waals surface area contributed by atoms with E-state index in [2.05, 4.69) is 6.92 Å². The number of ether oxygens (including phenoxy) is 2. The standard InChI is InChI=1S/C21H25ClO3/c1-2-3-4-5-6-7-14-24-21-13-12-19(15-20(21)22)25-18-10-8-17(16-23)9-11-18/h8-13,15-16H,2-7,14H2,1H3. The summed E-state index contributed by atoms with van der Waals surface area (Å²) in [6.07, 6.45) is 8.18. The minimum Gasteiger partial charge on any atom is -0.492 e. The number of unbranched alkanes of at least 4 members (excludes halogenated alkanes) is 5. The quantitative estimate of drug-likeness (QED) is 0.331. The first-order chi connectivity index (χ1) is 12.2. The Morgan fingerprint density at radius 1 is 0.920 bits per heavy atom. The summed E-state index contributed by atoms with van der Waals surface area (Å²) in [6, 6.07) is 12.3. The zero-order valence-electron chi connectivity index (χ0n) is 14.7. The number of aldehydes is 1. The molecule has 2 rings (SSSR count). The van der Waals surface area contributed by atoms with E-state index in [0.717, 1.165) is 12.7 Å². The van der Waals surface area contributed by atoms with Crippen LogP contribution in [0.3, 0.4) is 0 Å². The van der Waals surface area contributed by atoms with Crippen LogP contribution in [0.1, 0.15) is 55.8 Å². The van der Waals surface area contributed by atoms with Crippen molar-refractivity contribution in [1.82, 2.24) is 0 Å². The predicted octanol–water partition coefficient (Wildman–Crippen LogP) is 6.68. The number of rotatable bonds is 11. The monoisotopic (exact) mass is 360 g/mol. The van der Waals surface area contributed by atoms with Crippen LogP contribution in [-0.4, -0.2) is 12.9 Å². The second kappa shape index (κ2) is 10.8. The average Bonchev–Trinajstić information content (AvgIpc) is 2.63. The summed E-state index contributed by atoms with van der Waals surface area (Å²) in [5, 5.41) is 0.535. The van der Waals surface area contributed by atoms with Gasteiger partial charge in [0.2, 0.25) is 0 Å². The maximum atomic E-state index is 10.7. The zero-order valence-corrected chi connectivity index (χ0v) is 15.4. The Kier molecular flexibility index (Phi) is 8.33. The highest BCUT2D eigenvalue weighted by Gasteiger charge is 2.05. The van der Waals surface area contributed by atoms with Gasteiger partial charge in [-0.1, -0.05) is 50.6 Å². The van der Waals surface area contributed by atoms with E-state index < -0.39 is 0 Å². The van der Waals surface area contributed by atoms with Gasteiger partial charge in [-0.15, -0.1) is 0 Å². The van der Waals surface area contributed by atoms with Crippen LogP contribution in [0.4, 0.5) is 0 Å². The average molecular weight is 361 g/mol. The van der Waals surface area contributed by atoms with Gasteiger partial charge < -0.3 is 9.47 Å². The van der Waals surface area contributed by atoms with Crippen LogP contribution < -0.4 is 9.47 Å². The van der Waals surface area contributed by atoms with E-state index in [1.165, 1.54) is 32.1 Å². The van der Waals surface area contributed by atoms with E-state index in [-0.39, 0.29) is 0 Å². The maximum Gasteiger partial charge on any atom is 0.150 e. The van der Waals surface area contributed by atoms with Crippen molar-refractivity contribution in [3.63, 3.8) is 0 Å². The molecule has 0 aliphatic carbocycles. The molecule has 3 nitrogen and oxygen atoms in total. The molecule has 25 heavy (non-hydrogen) atoms. The molecule has 4 heteroatoms. The van der Waals surface area contributed by atoms with Crippen LogP contribution in [0.5, 0.6) is 17.2 Å². The molecule has 0 unspecified atom stereocenters. The lowest BCUT2D eigenvalue weighted by atomic mass is 10.1. The number of hydrogen-bond acceptors (Lipinski definition) is 3. The summed E-state index contributed by atoms with van der Waals surface area (Å²) in [6.45, 7) is 2.90. The molecule has 134 valence electrons. The Morgan fingerprint density at radius 3 is 2.28 bits per heavy atom. The van der Waals surface area contributed by atoms with Gasteiger partial charge in [0.05, 0.1) is 11.6 Å². The predicted molar refractivity (Wildman–Crippen MR) is 102 cm³/mol. The number of halogens is 1. The molecule has 0 aromatic heterocycles. The second-order valence-corrected chi connectivity index (χ2v) is 6.40. The van der Waals surface area contributed by atoms with Crippen molar-refractivity contribution in [2.24, 2.45) is 0 Å². The summed E-state index contributed by atoms with van der Waals surface area (Å²) in [4.78, 5) is 10.7. The molecule has 0 saturated heterocycles. The fraction of sp³-hybridized carbons (Fsp3) is 0.381. The summed E-state index contributed by atoms with van der Waals surface area (Å²) in [7, 11) is 0. The first-order valence-electron chi connectivity index (χ1n) is 8.88. The van der Waals surface area contributed by atoms with Crippen molar-refractivity contribution in [1.29, 1.82) is 0 Å². The maximum absolute atomic E-state index is 10.7. The molecule has 0 atom stereocenters. The molecule has 0 bridgehead atoms. The number of benzene rings is 2. The molecule has 2 aromatic carbocycles. The van der Waals surface area contributed by atoms with Crippen molar-refractivity contribution < 1.29 is 14.3 Å². The Morgan fingerprint density at radius 2 is 1.60 bits per heavy atom. The highest BCUT2D eigenvalue weighted by molar-refractivity contribution is 6.32. The smallest absolute Gasteiger partial charge is 0.150 e. The van der Waals surface area contributed by atoms with Crippen molar-refractivity contribution in [2.75, 3.05) is 6.61 Å². The van der Waals surface area contributed by atoms with Crippen LogP contribution in [0.25, 0.3) is 0 Å². The summed E-state index contributed by atoms with van der Waals surface area (Å²) in [5.41, 5.74) is 0.615. The van der Waals surface area contributed by atoms with Gasteiger partial charge in [-0.3, -0.25) is 4.79 Å². The van der Waals surface area contributed by atoms with Gasteiger partial charge >= 0.3 is 0 Å². The first-order valence-corrected chi connectivity index (χ1v) is 9.26. The molecule has 0 radical (unpaired) electrons. The molecular weight excluding hydrogens is 336 g/mol. The minimum absolute atomic E-state index is 0.535. The molecule has 0 saturated carbocycles. The molecule has 0 fully saturated rings. The van der Waals surface area contributed by atoms with E-state index >= 15 is 0 Å². The third-order valence-electron chi connectivity index (χ3n) is 3.91. The molecule has 0 amide bonds. The Labute approximate surface area is 154 Å². The number of carbonyl (C=O) groups is 1. The lowest BCUT2D eigenvalue weighted by Crippen LogP contribution is -1.98. The molecule has 2 aromatic rings. The molecule has 0 aliphatic rings. The lowest BCUT2D eigenvalue weighted by Gasteiger charge is -2.10. The Bertz CT molecular complexity index is 653. The van der Waals surface area contributed by atoms with Gasteiger partial charge in [-0.25, -0.2) is 0 Å². The summed E-state index contributed by atoms with van der Waals surface area (Å²) < 4.78 is 11.5. The SMILES string of the molecule is CCCCCCCCOc1ccc(Oc2ccc(C=O)cc2)cc1Cl. The topological polar surface area (TPSA) is 35.5 Å². The van der Waals surface area contributed by atoms with Gasteiger partial charge in [0, 0.05) is 11.6 Å². The van der Waals surface area contributed by atoms with Crippen LogP contribution in [-0.2, 0) is 0 Å². The lowest BCUT2D eigenvalue weighted by molar-refractivity contribution is 0.112. The van der Waals surface area contributed by atoms with Crippen LogP contribution in [0.15, 0.2) is 42.5 Å². The molecule has 0 heterocycles. The minimum atomic E-state index is 0.535. The van der Waals surface area contributed by atoms with Gasteiger partial charge in [-0.05, 0) is 42.8 Å². The highest BCUT2D eigenvalue weighted by atomic mass is 35.5. The van der Waals surface area contributed by atoms with E-state index in [4.69, 9.17) is 21.1 Å². The van der Waals surface area contributed by atoms with Crippen molar-refractivity contribution in [3.05, 3.63) is 53.1 Å². The molecule has 0 N–H and O–H groups in total. The summed E-state index contributed by atoms with van der Waals surface area (Å²) in [5.74, 6) is 1.97. The fourth-order valence-corrected chi connectivity index (χ4v) is 2.70. The summed E-state index contributed by atoms with van der Waals surface area (Å²) >= 11 is 6.27. The zero-order chi connectivity index (χ0) is 17.9.